The summed E-state index contributed by atoms with van der Waals surface area (Å²) in [6.45, 7) is 0. The highest BCUT2D eigenvalue weighted by atomic mass is 35.5. The summed E-state index contributed by atoms with van der Waals surface area (Å²) in [7, 11) is -1.79. The fourth-order valence-corrected chi connectivity index (χ4v) is 6.20. The Labute approximate surface area is 169 Å². The van der Waals surface area contributed by atoms with Crippen LogP contribution in [0.3, 0.4) is 0 Å². The summed E-state index contributed by atoms with van der Waals surface area (Å²) in [4.78, 5) is 12.6. The highest BCUT2D eigenvalue weighted by Gasteiger charge is 2.45. The number of nitrogens with one attached hydrogen (secondary N) is 2. The van der Waals surface area contributed by atoms with Gasteiger partial charge in [-0.25, -0.2) is 13.1 Å². The van der Waals surface area contributed by atoms with Crippen LogP contribution in [-0.2, 0) is 14.6 Å². The molecule has 2 atom stereocenters. The Morgan fingerprint density at radius 1 is 1.32 bits per heavy atom. The number of nitrogens with zero attached hydrogens (tertiary/aromatic N) is 2. The lowest BCUT2D eigenvalue weighted by molar-refractivity contribution is -0.126. The fraction of sp³-hybridized carbons (Fsp3) is 0.474. The number of halogens is 1. The molecule has 0 spiro atoms. The van der Waals surface area contributed by atoms with Gasteiger partial charge in [0, 0.05) is 18.3 Å². The molecule has 2 fully saturated rings. The van der Waals surface area contributed by atoms with Crippen LogP contribution in [0.15, 0.2) is 41.6 Å². The summed E-state index contributed by atoms with van der Waals surface area (Å²) >= 11 is 6.31. The molecule has 2 aliphatic carbocycles. The molecule has 0 aliphatic heterocycles. The Bertz CT molecular complexity index is 987. The number of sulfone groups is 1. The van der Waals surface area contributed by atoms with Crippen molar-refractivity contribution in [3.05, 3.63) is 41.7 Å². The maximum absolute atomic E-state index is 13.1. The minimum Gasteiger partial charge on any atom is -0.338 e. The van der Waals surface area contributed by atoms with Gasteiger partial charge in [-0.2, -0.15) is 5.10 Å². The summed E-state index contributed by atoms with van der Waals surface area (Å²) in [5, 5.41) is 9.85. The number of aromatic nitrogens is 2. The van der Waals surface area contributed by atoms with Crippen LogP contribution in [0.2, 0.25) is 5.02 Å². The molecule has 4 rings (SSSR count). The number of carbonyl (C=O) groups is 1. The molecule has 7 nitrogen and oxygen atoms in total. The SMILES string of the molecule is CNC1(NC(=O)[C@H]2CC[C@H](S(=O)(=O)c3ccc(-n4cccn4)cc3Cl)C2)CC1. The minimum atomic E-state index is -3.61. The van der Waals surface area contributed by atoms with Gasteiger partial charge >= 0.3 is 0 Å². The molecule has 1 aromatic carbocycles. The Morgan fingerprint density at radius 3 is 2.71 bits per heavy atom. The Kier molecular flexibility index (Phi) is 4.97. The zero-order valence-electron chi connectivity index (χ0n) is 15.6. The van der Waals surface area contributed by atoms with Crippen LogP contribution in [0.1, 0.15) is 32.1 Å². The van der Waals surface area contributed by atoms with Crippen LogP contribution >= 0.6 is 11.6 Å². The Hall–Kier alpha value is -1.90. The largest absolute Gasteiger partial charge is 0.338 e. The molecule has 1 amide bonds. The average Bonchev–Trinajstić information content (AvgIpc) is 3.09. The second-order valence-corrected chi connectivity index (χ2v) is 10.2. The van der Waals surface area contributed by atoms with E-state index in [1.807, 2.05) is 7.05 Å². The van der Waals surface area contributed by atoms with Crippen molar-refractivity contribution in [2.45, 2.75) is 47.9 Å². The van der Waals surface area contributed by atoms with Gasteiger partial charge in [-0.05, 0) is 63.4 Å². The lowest BCUT2D eigenvalue weighted by Crippen LogP contribution is -2.48. The maximum Gasteiger partial charge on any atom is 0.224 e. The molecule has 2 N–H and O–H groups in total. The molecular weight excluding hydrogens is 400 g/mol. The molecule has 28 heavy (non-hydrogen) atoms. The molecule has 2 aromatic rings. The third kappa shape index (κ3) is 3.56. The van der Waals surface area contributed by atoms with E-state index in [0.717, 1.165) is 12.8 Å². The first-order chi connectivity index (χ1) is 13.3. The van der Waals surface area contributed by atoms with E-state index in [0.29, 0.717) is 24.9 Å². The second-order valence-electron chi connectivity index (χ2n) is 7.56. The van der Waals surface area contributed by atoms with Crippen molar-refractivity contribution >= 4 is 27.3 Å². The molecule has 0 radical (unpaired) electrons. The van der Waals surface area contributed by atoms with Crippen molar-refractivity contribution in [3.63, 3.8) is 0 Å². The Morgan fingerprint density at radius 2 is 2.11 bits per heavy atom. The lowest BCUT2D eigenvalue weighted by atomic mass is 10.1. The predicted molar refractivity (Wildman–Crippen MR) is 106 cm³/mol. The lowest BCUT2D eigenvalue weighted by Gasteiger charge is -2.19. The van der Waals surface area contributed by atoms with Gasteiger partial charge in [0.05, 0.1) is 26.5 Å². The third-order valence-electron chi connectivity index (χ3n) is 5.78. The van der Waals surface area contributed by atoms with Gasteiger partial charge in [-0.1, -0.05) is 11.6 Å². The molecule has 9 heteroatoms. The highest BCUT2D eigenvalue weighted by molar-refractivity contribution is 7.92. The zero-order chi connectivity index (χ0) is 19.9. The number of carbonyl (C=O) groups excluding carboxylic acids is 1. The first-order valence-corrected chi connectivity index (χ1v) is 11.3. The first kappa shape index (κ1) is 19.4. The minimum absolute atomic E-state index is 0.0651. The summed E-state index contributed by atoms with van der Waals surface area (Å²) < 4.78 is 27.9. The van der Waals surface area contributed by atoms with Crippen molar-refractivity contribution < 1.29 is 13.2 Å². The number of hydrogen-bond acceptors (Lipinski definition) is 5. The van der Waals surface area contributed by atoms with E-state index in [-0.39, 0.29) is 27.4 Å². The fourth-order valence-electron chi connectivity index (χ4n) is 3.82. The van der Waals surface area contributed by atoms with Gasteiger partial charge in [-0.15, -0.1) is 0 Å². The molecule has 150 valence electrons. The monoisotopic (exact) mass is 422 g/mol. The van der Waals surface area contributed by atoms with Crippen LogP contribution in [0, 0.1) is 5.92 Å². The van der Waals surface area contributed by atoms with E-state index < -0.39 is 15.1 Å². The smallest absolute Gasteiger partial charge is 0.224 e. The quantitative estimate of drug-likeness (QED) is 0.697. The zero-order valence-corrected chi connectivity index (χ0v) is 17.1. The van der Waals surface area contributed by atoms with Crippen LogP contribution in [0.5, 0.6) is 0 Å². The summed E-state index contributed by atoms with van der Waals surface area (Å²) in [5.74, 6) is -0.350. The van der Waals surface area contributed by atoms with E-state index >= 15 is 0 Å². The molecular formula is C19H23ClN4O3S. The standard InChI is InChI=1S/C19H23ClN4O3S/c1-21-19(7-8-19)23-18(25)13-3-5-15(11-13)28(26,27)17-6-4-14(12-16(17)20)24-10-2-9-22-24/h2,4,6,9-10,12-13,15,21H,3,5,7-8,11H2,1H3,(H,23,25)/t13-,15-/m0/s1. The van der Waals surface area contributed by atoms with Crippen LogP contribution in [-0.4, -0.2) is 42.1 Å². The highest BCUT2D eigenvalue weighted by Crippen LogP contribution is 2.38. The van der Waals surface area contributed by atoms with E-state index in [4.69, 9.17) is 11.6 Å². The van der Waals surface area contributed by atoms with E-state index in [1.54, 1.807) is 35.3 Å². The van der Waals surface area contributed by atoms with Gasteiger partial charge in [0.2, 0.25) is 5.91 Å². The molecule has 2 saturated carbocycles. The van der Waals surface area contributed by atoms with Gasteiger partial charge in [-0.3, -0.25) is 10.1 Å². The summed E-state index contributed by atoms with van der Waals surface area (Å²) in [6.07, 6.45) is 6.57. The number of rotatable bonds is 6. The van der Waals surface area contributed by atoms with Gasteiger partial charge in [0.25, 0.3) is 0 Å². The summed E-state index contributed by atoms with van der Waals surface area (Å²) in [5.41, 5.74) is 0.402. The molecule has 0 saturated heterocycles. The molecule has 1 heterocycles. The normalized spacial score (nSPS) is 23.5. The maximum atomic E-state index is 13.1. The van der Waals surface area contributed by atoms with E-state index in [9.17, 15) is 13.2 Å². The van der Waals surface area contributed by atoms with Crippen molar-refractivity contribution in [1.82, 2.24) is 20.4 Å². The van der Waals surface area contributed by atoms with E-state index in [2.05, 4.69) is 15.7 Å². The van der Waals surface area contributed by atoms with Crippen LogP contribution in [0.4, 0.5) is 0 Å². The van der Waals surface area contributed by atoms with Crippen molar-refractivity contribution in [2.24, 2.45) is 5.92 Å². The second kappa shape index (κ2) is 7.17. The van der Waals surface area contributed by atoms with Crippen LogP contribution in [0.25, 0.3) is 5.69 Å². The third-order valence-corrected chi connectivity index (χ3v) is 8.48. The summed E-state index contributed by atoms with van der Waals surface area (Å²) in [6, 6.07) is 6.60. The van der Waals surface area contributed by atoms with Gasteiger partial charge in [0.1, 0.15) is 0 Å². The molecule has 0 unspecified atom stereocenters. The van der Waals surface area contributed by atoms with Crippen molar-refractivity contribution in [2.75, 3.05) is 7.05 Å². The number of hydrogen-bond donors (Lipinski definition) is 2. The predicted octanol–water partition coefficient (Wildman–Crippen LogP) is 2.29. The topological polar surface area (TPSA) is 93.1 Å². The number of benzene rings is 1. The molecule has 0 bridgehead atoms. The number of amides is 1. The average molecular weight is 423 g/mol. The van der Waals surface area contributed by atoms with Crippen molar-refractivity contribution in [1.29, 1.82) is 0 Å². The Balaban J connectivity index is 1.49. The van der Waals surface area contributed by atoms with Crippen LogP contribution < -0.4 is 10.6 Å². The first-order valence-electron chi connectivity index (χ1n) is 9.39. The molecule has 1 aromatic heterocycles. The van der Waals surface area contributed by atoms with Crippen molar-refractivity contribution in [3.8, 4) is 5.69 Å². The van der Waals surface area contributed by atoms with Gasteiger partial charge < -0.3 is 5.32 Å². The van der Waals surface area contributed by atoms with E-state index in [1.165, 1.54) is 6.07 Å². The van der Waals surface area contributed by atoms with Gasteiger partial charge in [0.15, 0.2) is 9.84 Å². The molecule has 2 aliphatic rings.